The number of fused-ring (bicyclic) bond motifs is 1. The lowest BCUT2D eigenvalue weighted by molar-refractivity contribution is 0.379. The van der Waals surface area contributed by atoms with Gasteiger partial charge in [-0.3, -0.25) is 4.98 Å². The van der Waals surface area contributed by atoms with E-state index in [1.165, 1.54) is 7.11 Å². The molecule has 2 aromatic heterocycles. The molecule has 0 saturated heterocycles. The first kappa shape index (κ1) is 13.2. The molecule has 3 aromatic rings. The summed E-state index contributed by atoms with van der Waals surface area (Å²) in [5.74, 6) is 1.03. The minimum absolute atomic E-state index is 0.282. The fourth-order valence-electron chi connectivity index (χ4n) is 2.01. The number of rotatable bonds is 4. The van der Waals surface area contributed by atoms with Gasteiger partial charge in [-0.25, -0.2) is 0 Å². The van der Waals surface area contributed by atoms with E-state index in [-0.39, 0.29) is 6.01 Å². The Morgan fingerprint density at radius 2 is 2.00 bits per heavy atom. The number of ether oxygens (including phenoxy) is 1. The van der Waals surface area contributed by atoms with Crippen LogP contribution in [0.1, 0.15) is 6.92 Å². The number of anilines is 1. The van der Waals surface area contributed by atoms with Gasteiger partial charge in [-0.1, -0.05) is 18.2 Å². The second kappa shape index (κ2) is 5.70. The summed E-state index contributed by atoms with van der Waals surface area (Å²) in [6.07, 6.45) is 1.76. The number of nitrogens with zero attached hydrogens (tertiary/aromatic N) is 4. The summed E-state index contributed by atoms with van der Waals surface area (Å²) in [7, 11) is 1.54. The van der Waals surface area contributed by atoms with Crippen molar-refractivity contribution in [2.45, 2.75) is 6.92 Å². The van der Waals surface area contributed by atoms with E-state index in [1.54, 1.807) is 6.20 Å². The fraction of sp³-hybridized carbons (Fsp3) is 0.200. The van der Waals surface area contributed by atoms with Crippen LogP contribution in [0.15, 0.2) is 36.5 Å². The van der Waals surface area contributed by atoms with E-state index in [4.69, 9.17) is 4.74 Å². The van der Waals surface area contributed by atoms with E-state index >= 15 is 0 Å². The highest BCUT2D eigenvalue weighted by Crippen LogP contribution is 2.21. The predicted molar refractivity (Wildman–Crippen MR) is 81.3 cm³/mol. The number of hydrogen-bond acceptors (Lipinski definition) is 6. The topological polar surface area (TPSA) is 72.8 Å². The SMILES string of the molecule is CCNc1nc(OC)nc(-c2cnc3ccccc3c2)n1. The molecule has 1 aromatic carbocycles. The zero-order chi connectivity index (χ0) is 14.7. The lowest BCUT2D eigenvalue weighted by Crippen LogP contribution is -2.06. The number of pyridine rings is 1. The molecule has 1 N–H and O–H groups in total. The van der Waals surface area contributed by atoms with Gasteiger partial charge in [0.05, 0.1) is 12.6 Å². The molecule has 106 valence electrons. The van der Waals surface area contributed by atoms with Crippen molar-refractivity contribution >= 4 is 16.9 Å². The van der Waals surface area contributed by atoms with Gasteiger partial charge in [0.2, 0.25) is 5.95 Å². The number of aromatic nitrogens is 4. The maximum absolute atomic E-state index is 5.13. The number of methoxy groups -OCH3 is 1. The first-order valence-electron chi connectivity index (χ1n) is 6.69. The molecule has 0 aliphatic carbocycles. The van der Waals surface area contributed by atoms with Gasteiger partial charge in [-0.15, -0.1) is 0 Å². The maximum Gasteiger partial charge on any atom is 0.321 e. The average Bonchev–Trinajstić information content (AvgIpc) is 2.54. The lowest BCUT2D eigenvalue weighted by atomic mass is 10.1. The van der Waals surface area contributed by atoms with Crippen molar-refractivity contribution in [3.8, 4) is 17.4 Å². The molecule has 0 amide bonds. The van der Waals surface area contributed by atoms with E-state index in [2.05, 4.69) is 25.3 Å². The van der Waals surface area contributed by atoms with Gasteiger partial charge < -0.3 is 10.1 Å². The first-order valence-corrected chi connectivity index (χ1v) is 6.69. The highest BCUT2D eigenvalue weighted by molar-refractivity contribution is 5.82. The summed E-state index contributed by atoms with van der Waals surface area (Å²) in [5, 5.41) is 4.11. The molecule has 0 aliphatic rings. The van der Waals surface area contributed by atoms with E-state index in [9.17, 15) is 0 Å². The molecule has 6 nitrogen and oxygen atoms in total. The van der Waals surface area contributed by atoms with Crippen molar-refractivity contribution in [2.24, 2.45) is 0 Å². The Bertz CT molecular complexity index is 775. The largest absolute Gasteiger partial charge is 0.467 e. The summed E-state index contributed by atoms with van der Waals surface area (Å²) >= 11 is 0. The Kier molecular flexibility index (Phi) is 3.59. The monoisotopic (exact) mass is 281 g/mol. The minimum atomic E-state index is 0.282. The van der Waals surface area contributed by atoms with Crippen LogP contribution in [0.2, 0.25) is 0 Å². The molecule has 0 saturated carbocycles. The minimum Gasteiger partial charge on any atom is -0.467 e. The van der Waals surface area contributed by atoms with Gasteiger partial charge >= 0.3 is 6.01 Å². The summed E-state index contributed by atoms with van der Waals surface area (Å²) < 4.78 is 5.13. The van der Waals surface area contributed by atoms with Gasteiger partial charge in [-0.05, 0) is 19.1 Å². The third-order valence-corrected chi connectivity index (χ3v) is 2.98. The Hall–Kier alpha value is -2.76. The van der Waals surface area contributed by atoms with Gasteiger partial charge in [0.25, 0.3) is 0 Å². The molecule has 0 bridgehead atoms. The number of hydrogen-bond donors (Lipinski definition) is 1. The second-order valence-electron chi connectivity index (χ2n) is 4.42. The van der Waals surface area contributed by atoms with E-state index < -0.39 is 0 Å². The van der Waals surface area contributed by atoms with Gasteiger partial charge in [0.1, 0.15) is 0 Å². The van der Waals surface area contributed by atoms with E-state index in [0.717, 1.165) is 23.0 Å². The Balaban J connectivity index is 2.10. The summed E-state index contributed by atoms with van der Waals surface area (Å²) in [6, 6.07) is 10.2. The maximum atomic E-state index is 5.13. The summed E-state index contributed by atoms with van der Waals surface area (Å²) in [6.45, 7) is 2.70. The molecule has 6 heteroatoms. The Morgan fingerprint density at radius 1 is 1.14 bits per heavy atom. The molecule has 3 rings (SSSR count). The van der Waals surface area contributed by atoms with Crippen molar-refractivity contribution < 1.29 is 4.74 Å². The summed E-state index contributed by atoms with van der Waals surface area (Å²) in [5.41, 5.74) is 1.77. The molecule has 0 unspecified atom stereocenters. The fourth-order valence-corrected chi connectivity index (χ4v) is 2.01. The van der Waals surface area contributed by atoms with Gasteiger partial charge in [0.15, 0.2) is 5.82 Å². The van der Waals surface area contributed by atoms with Crippen LogP contribution in [0.3, 0.4) is 0 Å². The van der Waals surface area contributed by atoms with Crippen molar-refractivity contribution in [1.82, 2.24) is 19.9 Å². The van der Waals surface area contributed by atoms with Gasteiger partial charge in [-0.2, -0.15) is 15.0 Å². The van der Waals surface area contributed by atoms with Crippen LogP contribution in [0, 0.1) is 0 Å². The molecule has 0 atom stereocenters. The van der Waals surface area contributed by atoms with Crippen LogP contribution in [0.25, 0.3) is 22.3 Å². The predicted octanol–water partition coefficient (Wildman–Crippen LogP) is 2.53. The third kappa shape index (κ3) is 2.74. The molecule has 0 radical (unpaired) electrons. The van der Waals surface area contributed by atoms with Crippen LogP contribution >= 0.6 is 0 Å². The molecule has 0 aliphatic heterocycles. The van der Waals surface area contributed by atoms with Crippen LogP contribution in [-0.4, -0.2) is 33.6 Å². The zero-order valence-electron chi connectivity index (χ0n) is 11.9. The second-order valence-corrected chi connectivity index (χ2v) is 4.42. The van der Waals surface area contributed by atoms with Crippen LogP contribution < -0.4 is 10.1 Å². The first-order chi connectivity index (χ1) is 10.3. The van der Waals surface area contributed by atoms with Crippen LogP contribution in [-0.2, 0) is 0 Å². The Morgan fingerprint density at radius 3 is 2.81 bits per heavy atom. The van der Waals surface area contributed by atoms with Crippen molar-refractivity contribution in [3.05, 3.63) is 36.5 Å². The van der Waals surface area contributed by atoms with Crippen LogP contribution in [0.4, 0.5) is 5.95 Å². The highest BCUT2D eigenvalue weighted by atomic mass is 16.5. The Labute approximate surface area is 122 Å². The molecule has 21 heavy (non-hydrogen) atoms. The lowest BCUT2D eigenvalue weighted by Gasteiger charge is -2.07. The quantitative estimate of drug-likeness (QED) is 0.792. The average molecular weight is 281 g/mol. The van der Waals surface area contributed by atoms with Crippen molar-refractivity contribution in [2.75, 3.05) is 19.0 Å². The third-order valence-electron chi connectivity index (χ3n) is 2.98. The number of para-hydroxylation sites is 1. The van der Waals surface area contributed by atoms with Gasteiger partial charge in [0, 0.05) is 23.7 Å². The molecular formula is C15H15N5O. The molecule has 0 fully saturated rings. The van der Waals surface area contributed by atoms with Crippen LogP contribution in [0.5, 0.6) is 6.01 Å². The smallest absolute Gasteiger partial charge is 0.321 e. The summed E-state index contributed by atoms with van der Waals surface area (Å²) in [4.78, 5) is 17.3. The molecule has 2 heterocycles. The number of nitrogens with one attached hydrogen (secondary N) is 1. The zero-order valence-corrected chi connectivity index (χ0v) is 11.9. The standard InChI is InChI=1S/C15H15N5O/c1-3-16-14-18-13(19-15(20-14)21-2)11-8-10-6-4-5-7-12(10)17-9-11/h4-9H,3H2,1-2H3,(H,16,18,19,20). The van der Waals surface area contributed by atoms with E-state index in [0.29, 0.717) is 11.8 Å². The van der Waals surface area contributed by atoms with E-state index in [1.807, 2.05) is 37.3 Å². The normalized spacial score (nSPS) is 10.6. The van der Waals surface area contributed by atoms with Crippen molar-refractivity contribution in [1.29, 1.82) is 0 Å². The highest BCUT2D eigenvalue weighted by Gasteiger charge is 2.09. The van der Waals surface area contributed by atoms with Crippen molar-refractivity contribution in [3.63, 3.8) is 0 Å². The molecular weight excluding hydrogens is 266 g/mol. The number of benzene rings is 1. The molecule has 0 spiro atoms.